The zero-order chi connectivity index (χ0) is 6.20. The Morgan fingerprint density at radius 2 is 2.25 bits per heavy atom. The molecule has 0 aromatic carbocycles. The van der Waals surface area contributed by atoms with Crippen molar-refractivity contribution in [3.63, 3.8) is 0 Å². The van der Waals surface area contributed by atoms with Crippen LogP contribution in [0.25, 0.3) is 0 Å². The van der Waals surface area contributed by atoms with Crippen molar-refractivity contribution < 1.29 is 4.79 Å². The molecule has 46 valence electrons. The summed E-state index contributed by atoms with van der Waals surface area (Å²) in [4.78, 5) is 10.9. The van der Waals surface area contributed by atoms with Gasteiger partial charge in [0.1, 0.15) is 5.78 Å². The number of carbonyl (C=O) groups excluding carboxylic acids is 1. The van der Waals surface area contributed by atoms with E-state index < -0.39 is 0 Å². The minimum Gasteiger partial charge on any atom is -0.298 e. The second-order valence-electron chi connectivity index (χ2n) is 2.53. The molecule has 1 saturated heterocycles. The molecule has 1 aliphatic rings. The Morgan fingerprint density at radius 1 is 1.62 bits per heavy atom. The predicted molar refractivity (Wildman–Crippen MR) is 36.2 cm³/mol. The van der Waals surface area contributed by atoms with Crippen LogP contribution >= 0.6 is 11.8 Å². The number of thioether (sulfide) groups is 1. The monoisotopic (exact) mass is 130 g/mol. The average Bonchev–Trinajstić information content (AvgIpc) is 1.86. The van der Waals surface area contributed by atoms with Crippen LogP contribution < -0.4 is 0 Å². The highest BCUT2D eigenvalue weighted by molar-refractivity contribution is 8.01. The third-order valence-electron chi connectivity index (χ3n) is 1.46. The Kier molecular flexibility index (Phi) is 1.35. The van der Waals surface area contributed by atoms with Gasteiger partial charge in [-0.2, -0.15) is 0 Å². The van der Waals surface area contributed by atoms with Crippen molar-refractivity contribution in [3.8, 4) is 0 Å². The van der Waals surface area contributed by atoms with Crippen molar-refractivity contribution in [3.05, 3.63) is 0 Å². The molecule has 0 radical (unpaired) electrons. The van der Waals surface area contributed by atoms with Crippen LogP contribution in [0.5, 0.6) is 0 Å². The van der Waals surface area contributed by atoms with Crippen LogP contribution in [0, 0.1) is 0 Å². The second-order valence-corrected chi connectivity index (χ2v) is 4.25. The highest BCUT2D eigenvalue weighted by atomic mass is 32.2. The first-order valence-electron chi connectivity index (χ1n) is 2.80. The molecule has 1 aliphatic heterocycles. The SMILES string of the molecule is CC1(C)SCCC1=O. The van der Waals surface area contributed by atoms with Crippen molar-refractivity contribution in [1.29, 1.82) is 0 Å². The Morgan fingerprint density at radius 3 is 2.38 bits per heavy atom. The quantitative estimate of drug-likeness (QED) is 0.494. The third kappa shape index (κ3) is 0.895. The molecule has 1 rings (SSSR count). The topological polar surface area (TPSA) is 17.1 Å². The van der Waals surface area contributed by atoms with Gasteiger partial charge in [-0.15, -0.1) is 11.8 Å². The van der Waals surface area contributed by atoms with Gasteiger partial charge in [0.2, 0.25) is 0 Å². The first-order valence-corrected chi connectivity index (χ1v) is 3.79. The maximum absolute atomic E-state index is 10.9. The normalized spacial score (nSPS) is 26.5. The summed E-state index contributed by atoms with van der Waals surface area (Å²) in [6, 6.07) is 0. The summed E-state index contributed by atoms with van der Waals surface area (Å²) in [5.74, 6) is 1.42. The Bertz CT molecular complexity index is 118. The molecule has 0 aromatic heterocycles. The number of hydrogen-bond donors (Lipinski definition) is 0. The molecule has 0 saturated carbocycles. The van der Waals surface area contributed by atoms with E-state index in [-0.39, 0.29) is 4.75 Å². The minimum absolute atomic E-state index is 0.0694. The fourth-order valence-electron chi connectivity index (χ4n) is 0.780. The number of Topliss-reactive ketones (excluding diaryl/α,β-unsaturated/α-hetero) is 1. The van der Waals surface area contributed by atoms with Crippen LogP contribution in [0.3, 0.4) is 0 Å². The van der Waals surface area contributed by atoms with Crippen LogP contribution in [0.4, 0.5) is 0 Å². The maximum atomic E-state index is 10.9. The van der Waals surface area contributed by atoms with Gasteiger partial charge in [0.05, 0.1) is 4.75 Å². The van der Waals surface area contributed by atoms with Gasteiger partial charge in [-0.25, -0.2) is 0 Å². The van der Waals surface area contributed by atoms with Crippen molar-refractivity contribution in [2.75, 3.05) is 5.75 Å². The van der Waals surface area contributed by atoms with E-state index in [1.807, 2.05) is 13.8 Å². The standard InChI is InChI=1S/C6H10OS/c1-6(2)5(7)3-4-8-6/h3-4H2,1-2H3. The molecule has 0 unspecified atom stereocenters. The number of ketones is 1. The molecule has 1 heterocycles. The van der Waals surface area contributed by atoms with Gasteiger partial charge in [-0.05, 0) is 13.8 Å². The van der Waals surface area contributed by atoms with Gasteiger partial charge in [0.25, 0.3) is 0 Å². The smallest absolute Gasteiger partial charge is 0.149 e. The zero-order valence-electron chi connectivity index (χ0n) is 5.23. The summed E-state index contributed by atoms with van der Waals surface area (Å²) < 4.78 is -0.0694. The van der Waals surface area contributed by atoms with Crippen molar-refractivity contribution in [2.45, 2.75) is 25.0 Å². The fourth-order valence-corrected chi connectivity index (χ4v) is 1.84. The molecule has 0 amide bonds. The maximum Gasteiger partial charge on any atom is 0.149 e. The molecule has 0 atom stereocenters. The Hall–Kier alpha value is 0.0200. The molecular formula is C6H10OS. The molecule has 1 fully saturated rings. The number of carbonyl (C=O) groups is 1. The van der Waals surface area contributed by atoms with Gasteiger partial charge in [0, 0.05) is 12.2 Å². The van der Waals surface area contributed by atoms with Crippen molar-refractivity contribution >= 4 is 17.5 Å². The lowest BCUT2D eigenvalue weighted by atomic mass is 10.1. The first-order chi connectivity index (χ1) is 3.63. The van der Waals surface area contributed by atoms with E-state index in [0.29, 0.717) is 5.78 Å². The van der Waals surface area contributed by atoms with Crippen LogP contribution in [-0.2, 0) is 4.79 Å². The van der Waals surface area contributed by atoms with E-state index in [2.05, 4.69) is 0 Å². The van der Waals surface area contributed by atoms with E-state index in [1.54, 1.807) is 11.8 Å². The molecule has 0 bridgehead atoms. The lowest BCUT2D eigenvalue weighted by Crippen LogP contribution is -2.20. The molecule has 0 aliphatic carbocycles. The molecular weight excluding hydrogens is 120 g/mol. The number of hydrogen-bond acceptors (Lipinski definition) is 2. The van der Waals surface area contributed by atoms with E-state index >= 15 is 0 Å². The van der Waals surface area contributed by atoms with Gasteiger partial charge < -0.3 is 0 Å². The second kappa shape index (κ2) is 1.76. The summed E-state index contributed by atoms with van der Waals surface area (Å²) in [5.41, 5.74) is 0. The highest BCUT2D eigenvalue weighted by Crippen LogP contribution is 2.33. The van der Waals surface area contributed by atoms with Gasteiger partial charge in [-0.3, -0.25) is 4.79 Å². The van der Waals surface area contributed by atoms with Crippen LogP contribution in [0.1, 0.15) is 20.3 Å². The predicted octanol–water partition coefficient (Wildman–Crippen LogP) is 1.47. The fraction of sp³-hybridized carbons (Fsp3) is 0.833. The highest BCUT2D eigenvalue weighted by Gasteiger charge is 2.32. The zero-order valence-corrected chi connectivity index (χ0v) is 6.05. The van der Waals surface area contributed by atoms with Gasteiger partial charge >= 0.3 is 0 Å². The molecule has 1 nitrogen and oxygen atoms in total. The number of rotatable bonds is 0. The summed E-state index contributed by atoms with van der Waals surface area (Å²) >= 11 is 1.76. The van der Waals surface area contributed by atoms with E-state index in [9.17, 15) is 4.79 Å². The van der Waals surface area contributed by atoms with E-state index in [1.165, 1.54) is 0 Å². The van der Waals surface area contributed by atoms with Gasteiger partial charge in [-0.1, -0.05) is 0 Å². The van der Waals surface area contributed by atoms with Crippen LogP contribution in [-0.4, -0.2) is 16.3 Å². The van der Waals surface area contributed by atoms with E-state index in [4.69, 9.17) is 0 Å². The summed E-state index contributed by atoms with van der Waals surface area (Å²) in [6.45, 7) is 3.99. The Balaban J connectivity index is 2.68. The average molecular weight is 130 g/mol. The van der Waals surface area contributed by atoms with Crippen molar-refractivity contribution in [2.24, 2.45) is 0 Å². The summed E-state index contributed by atoms with van der Waals surface area (Å²) in [6.07, 6.45) is 0.775. The minimum atomic E-state index is -0.0694. The van der Waals surface area contributed by atoms with Crippen molar-refractivity contribution in [1.82, 2.24) is 0 Å². The largest absolute Gasteiger partial charge is 0.298 e. The molecule has 2 heteroatoms. The lowest BCUT2D eigenvalue weighted by molar-refractivity contribution is -0.119. The molecule has 0 spiro atoms. The van der Waals surface area contributed by atoms with Gasteiger partial charge in [0.15, 0.2) is 0 Å². The molecule has 0 N–H and O–H groups in total. The van der Waals surface area contributed by atoms with E-state index in [0.717, 1.165) is 12.2 Å². The Labute approximate surface area is 53.8 Å². The molecule has 8 heavy (non-hydrogen) atoms. The van der Waals surface area contributed by atoms with Crippen LogP contribution in [0.2, 0.25) is 0 Å². The molecule has 0 aromatic rings. The van der Waals surface area contributed by atoms with Crippen LogP contribution in [0.15, 0.2) is 0 Å². The summed E-state index contributed by atoms with van der Waals surface area (Å²) in [7, 11) is 0. The third-order valence-corrected chi connectivity index (χ3v) is 2.82. The first kappa shape index (κ1) is 6.14. The lowest BCUT2D eigenvalue weighted by Gasteiger charge is -2.11. The summed E-state index contributed by atoms with van der Waals surface area (Å²) in [5, 5.41) is 0.